The van der Waals surface area contributed by atoms with Gasteiger partial charge in [-0.1, -0.05) is 0 Å². The number of hydrogen-bond donors (Lipinski definition) is 0. The third-order valence-corrected chi connectivity index (χ3v) is 3.97. The van der Waals surface area contributed by atoms with Crippen LogP contribution in [0, 0.1) is 16.3 Å². The molecule has 72 valence electrons. The molecule has 0 aromatic heterocycles. The van der Waals surface area contributed by atoms with E-state index >= 15 is 0 Å². The fraction of sp³-hybridized carbons (Fsp3) is 0.143. The third-order valence-electron chi connectivity index (χ3n) is 1.39. The summed E-state index contributed by atoms with van der Waals surface area (Å²) in [6, 6.07) is 2.69. The molecule has 0 aliphatic carbocycles. The predicted octanol–water partition coefficient (Wildman–Crippen LogP) is 2.67. The van der Waals surface area contributed by atoms with Crippen molar-refractivity contribution in [2.75, 3.05) is 0 Å². The van der Waals surface area contributed by atoms with E-state index in [1.54, 1.807) is 35.6 Å². The van der Waals surface area contributed by atoms with Crippen LogP contribution in [-0.4, -0.2) is 8.42 Å². The lowest BCUT2D eigenvalue weighted by Crippen LogP contribution is -1.99. The standard InChI is InChI=1S/C7H5ClFIO2S/c1-4-2-5(9)7(6(10)3-4)13(8,11)12/h2-3H,1H3. The van der Waals surface area contributed by atoms with E-state index in [0.717, 1.165) is 6.07 Å². The molecule has 1 aromatic carbocycles. The zero-order valence-electron chi connectivity index (χ0n) is 6.51. The quantitative estimate of drug-likeness (QED) is 0.584. The van der Waals surface area contributed by atoms with Crippen molar-refractivity contribution in [3.63, 3.8) is 0 Å². The number of aryl methyl sites for hydroxylation is 1. The first kappa shape index (κ1) is 11.2. The van der Waals surface area contributed by atoms with E-state index in [-0.39, 0.29) is 0 Å². The molecule has 0 spiro atoms. The van der Waals surface area contributed by atoms with Crippen molar-refractivity contribution in [3.8, 4) is 0 Å². The van der Waals surface area contributed by atoms with Crippen LogP contribution in [0.15, 0.2) is 17.0 Å². The molecule has 1 rings (SSSR count). The molecule has 0 amide bonds. The molecule has 1 aromatic rings. The summed E-state index contributed by atoms with van der Waals surface area (Å²) in [4.78, 5) is -0.444. The van der Waals surface area contributed by atoms with E-state index < -0.39 is 19.8 Å². The first-order valence-corrected chi connectivity index (χ1v) is 6.61. The van der Waals surface area contributed by atoms with Gasteiger partial charge in [-0.05, 0) is 47.2 Å². The molecule has 13 heavy (non-hydrogen) atoms. The van der Waals surface area contributed by atoms with Crippen molar-refractivity contribution in [1.29, 1.82) is 0 Å². The first-order valence-electron chi connectivity index (χ1n) is 3.22. The maximum absolute atomic E-state index is 13.1. The molecule has 0 unspecified atom stereocenters. The lowest BCUT2D eigenvalue weighted by molar-refractivity contribution is 0.572. The Labute approximate surface area is 93.7 Å². The molecule has 6 heteroatoms. The van der Waals surface area contributed by atoms with Gasteiger partial charge in [-0.3, -0.25) is 0 Å². The summed E-state index contributed by atoms with van der Waals surface area (Å²) in [6.07, 6.45) is 0. The van der Waals surface area contributed by atoms with E-state index in [9.17, 15) is 12.8 Å². The van der Waals surface area contributed by atoms with Gasteiger partial charge in [0, 0.05) is 14.3 Å². The summed E-state index contributed by atoms with van der Waals surface area (Å²) in [5.41, 5.74) is 0.658. The average molecular weight is 335 g/mol. The molecule has 0 atom stereocenters. The molecular weight excluding hydrogens is 329 g/mol. The minimum atomic E-state index is -3.99. The highest BCUT2D eigenvalue weighted by Crippen LogP contribution is 2.25. The van der Waals surface area contributed by atoms with Gasteiger partial charge in [0.15, 0.2) is 0 Å². The van der Waals surface area contributed by atoms with Crippen molar-refractivity contribution in [3.05, 3.63) is 27.1 Å². The number of rotatable bonds is 1. The molecule has 2 nitrogen and oxygen atoms in total. The molecular formula is C7H5ClFIO2S. The van der Waals surface area contributed by atoms with Gasteiger partial charge in [0.1, 0.15) is 10.7 Å². The Hall–Kier alpha value is 0.120. The topological polar surface area (TPSA) is 34.1 Å². The van der Waals surface area contributed by atoms with Crippen LogP contribution >= 0.6 is 33.3 Å². The molecule has 0 aliphatic rings. The summed E-state index contributed by atoms with van der Waals surface area (Å²) in [7, 11) is 1.06. The van der Waals surface area contributed by atoms with Crippen LogP contribution in [-0.2, 0) is 9.05 Å². The van der Waals surface area contributed by atoms with E-state index in [4.69, 9.17) is 10.7 Å². The zero-order valence-corrected chi connectivity index (χ0v) is 10.2. The Kier molecular flexibility index (Phi) is 3.19. The molecule has 0 aliphatic heterocycles. The second-order valence-electron chi connectivity index (χ2n) is 2.50. The second-order valence-corrected chi connectivity index (χ2v) is 6.16. The van der Waals surface area contributed by atoms with E-state index in [2.05, 4.69) is 0 Å². The van der Waals surface area contributed by atoms with Crippen LogP contribution < -0.4 is 0 Å². The maximum Gasteiger partial charge on any atom is 0.265 e. The van der Waals surface area contributed by atoms with Crippen LogP contribution in [0.1, 0.15) is 5.56 Å². The summed E-state index contributed by atoms with van der Waals surface area (Å²) in [6.45, 7) is 1.68. The Morgan fingerprint density at radius 3 is 2.38 bits per heavy atom. The van der Waals surface area contributed by atoms with Gasteiger partial charge in [0.2, 0.25) is 0 Å². The van der Waals surface area contributed by atoms with E-state index in [1.165, 1.54) is 0 Å². The van der Waals surface area contributed by atoms with Gasteiger partial charge in [-0.15, -0.1) is 0 Å². The van der Waals surface area contributed by atoms with E-state index in [1.807, 2.05) is 0 Å². The SMILES string of the molecule is Cc1cc(F)c(S(=O)(=O)Cl)c(I)c1. The Balaban J connectivity index is 3.57. The number of halogens is 3. The Morgan fingerprint density at radius 2 is 2.00 bits per heavy atom. The zero-order chi connectivity index (χ0) is 10.2. The van der Waals surface area contributed by atoms with Crippen molar-refractivity contribution < 1.29 is 12.8 Å². The smallest absolute Gasteiger partial charge is 0.207 e. The Bertz CT molecular complexity index is 421. The summed E-state index contributed by atoms with van der Waals surface area (Å²) < 4.78 is 35.2. The lowest BCUT2D eigenvalue weighted by Gasteiger charge is -2.03. The minimum absolute atomic E-state index is 0.296. The normalized spacial score (nSPS) is 11.7. The molecule has 0 fully saturated rings. The van der Waals surface area contributed by atoms with Crippen molar-refractivity contribution in [2.24, 2.45) is 0 Å². The second kappa shape index (κ2) is 3.70. The minimum Gasteiger partial charge on any atom is -0.207 e. The molecule has 0 saturated carbocycles. The average Bonchev–Trinajstić information content (AvgIpc) is 1.78. The van der Waals surface area contributed by atoms with Gasteiger partial charge >= 0.3 is 0 Å². The van der Waals surface area contributed by atoms with Gasteiger partial charge in [-0.25, -0.2) is 12.8 Å². The third kappa shape index (κ3) is 2.54. The monoisotopic (exact) mass is 334 g/mol. The van der Waals surface area contributed by atoms with Crippen LogP contribution in [0.4, 0.5) is 4.39 Å². The molecule has 0 heterocycles. The number of benzene rings is 1. The van der Waals surface area contributed by atoms with Crippen LogP contribution in [0.2, 0.25) is 0 Å². The maximum atomic E-state index is 13.1. The first-order chi connectivity index (χ1) is 5.82. The highest BCUT2D eigenvalue weighted by Gasteiger charge is 2.20. The van der Waals surface area contributed by atoms with Crippen molar-refractivity contribution in [1.82, 2.24) is 0 Å². The lowest BCUT2D eigenvalue weighted by atomic mass is 10.2. The number of hydrogen-bond acceptors (Lipinski definition) is 2. The van der Waals surface area contributed by atoms with Gasteiger partial charge < -0.3 is 0 Å². The summed E-state index contributed by atoms with van der Waals surface area (Å²) in [5, 5.41) is 0. The molecule has 0 saturated heterocycles. The van der Waals surface area contributed by atoms with Gasteiger partial charge in [0.05, 0.1) is 0 Å². The van der Waals surface area contributed by atoms with Gasteiger partial charge in [0.25, 0.3) is 9.05 Å². The molecule has 0 N–H and O–H groups in total. The fourth-order valence-electron chi connectivity index (χ4n) is 0.920. The summed E-state index contributed by atoms with van der Waals surface area (Å²) >= 11 is 1.73. The van der Waals surface area contributed by atoms with E-state index in [0.29, 0.717) is 9.13 Å². The fourth-order valence-corrected chi connectivity index (χ4v) is 3.98. The van der Waals surface area contributed by atoms with Crippen molar-refractivity contribution in [2.45, 2.75) is 11.8 Å². The van der Waals surface area contributed by atoms with Crippen LogP contribution in [0.5, 0.6) is 0 Å². The molecule has 0 radical (unpaired) electrons. The predicted molar refractivity (Wildman–Crippen MR) is 56.9 cm³/mol. The van der Waals surface area contributed by atoms with Gasteiger partial charge in [-0.2, -0.15) is 0 Å². The largest absolute Gasteiger partial charge is 0.265 e. The summed E-state index contributed by atoms with van der Waals surface area (Å²) in [5.74, 6) is -0.806. The Morgan fingerprint density at radius 1 is 1.46 bits per heavy atom. The van der Waals surface area contributed by atoms with Crippen LogP contribution in [0.3, 0.4) is 0 Å². The highest BCUT2D eigenvalue weighted by atomic mass is 127. The highest BCUT2D eigenvalue weighted by molar-refractivity contribution is 14.1. The van der Waals surface area contributed by atoms with Crippen molar-refractivity contribution >= 4 is 42.3 Å². The van der Waals surface area contributed by atoms with Crippen LogP contribution in [0.25, 0.3) is 0 Å². The molecule has 0 bridgehead atoms.